The van der Waals surface area contributed by atoms with Gasteiger partial charge in [0, 0.05) is 44.0 Å². The number of nitrogens with one attached hydrogen (secondary N) is 1. The zero-order valence-corrected chi connectivity index (χ0v) is 21.8. The van der Waals surface area contributed by atoms with Crippen molar-refractivity contribution < 1.29 is 17.9 Å². The second-order valence-corrected chi connectivity index (χ2v) is 9.09. The van der Waals surface area contributed by atoms with Crippen molar-refractivity contribution in [1.29, 1.82) is 5.26 Å². The Kier molecular flexibility index (Phi) is 8.78. The standard InChI is InChI=1S/C28H25F3N6OS/c1-38-26-11-10-24(15-34-26)35-27(39)36(17-22-6-8-23(9-7-22)28(29,30)31)13-12-25-16-33-19-37(25)18-21-4-2-20(14-32)3-5-21/h2-11,15-16,19H,12-13,17-18H2,1H3,(H,35,39). The molecule has 0 saturated carbocycles. The van der Waals surface area contributed by atoms with Crippen LogP contribution in [0.5, 0.6) is 5.88 Å². The summed E-state index contributed by atoms with van der Waals surface area (Å²) in [5, 5.41) is 12.6. The van der Waals surface area contributed by atoms with Crippen LogP contribution < -0.4 is 10.1 Å². The fourth-order valence-corrected chi connectivity index (χ4v) is 4.15. The summed E-state index contributed by atoms with van der Waals surface area (Å²) in [5.74, 6) is 0.462. The Morgan fingerprint density at radius 2 is 1.77 bits per heavy atom. The summed E-state index contributed by atoms with van der Waals surface area (Å²) >= 11 is 5.69. The van der Waals surface area contributed by atoms with Crippen LogP contribution in [0, 0.1) is 11.3 Å². The first kappa shape index (κ1) is 27.6. The summed E-state index contributed by atoms with van der Waals surface area (Å²) < 4.78 is 46.2. The van der Waals surface area contributed by atoms with Gasteiger partial charge in [-0.1, -0.05) is 24.3 Å². The number of nitriles is 1. The third-order valence-electron chi connectivity index (χ3n) is 6.01. The summed E-state index contributed by atoms with van der Waals surface area (Å²) in [5.41, 5.74) is 3.23. The zero-order valence-electron chi connectivity index (χ0n) is 21.0. The molecule has 0 aliphatic heterocycles. The van der Waals surface area contributed by atoms with Gasteiger partial charge in [-0.15, -0.1) is 0 Å². The number of ether oxygens (including phenoxy) is 1. The molecule has 200 valence electrons. The lowest BCUT2D eigenvalue weighted by Crippen LogP contribution is -2.36. The third-order valence-corrected chi connectivity index (χ3v) is 6.37. The summed E-state index contributed by atoms with van der Waals surface area (Å²) in [4.78, 5) is 10.4. The molecule has 2 aromatic carbocycles. The van der Waals surface area contributed by atoms with Crippen LogP contribution in [0.4, 0.5) is 18.9 Å². The van der Waals surface area contributed by atoms with Gasteiger partial charge in [-0.05, 0) is 53.7 Å². The van der Waals surface area contributed by atoms with Gasteiger partial charge in [0.15, 0.2) is 5.11 Å². The van der Waals surface area contributed by atoms with E-state index in [-0.39, 0.29) is 0 Å². The molecule has 0 aliphatic rings. The highest BCUT2D eigenvalue weighted by atomic mass is 32.1. The van der Waals surface area contributed by atoms with Crippen molar-refractivity contribution in [2.24, 2.45) is 0 Å². The Bertz CT molecular complexity index is 1430. The highest BCUT2D eigenvalue weighted by molar-refractivity contribution is 7.80. The number of aromatic nitrogens is 3. The van der Waals surface area contributed by atoms with Crippen molar-refractivity contribution in [1.82, 2.24) is 19.4 Å². The van der Waals surface area contributed by atoms with Gasteiger partial charge in [-0.25, -0.2) is 9.97 Å². The van der Waals surface area contributed by atoms with Crippen LogP contribution in [-0.4, -0.2) is 38.2 Å². The maximum absolute atomic E-state index is 13.0. The fourth-order valence-electron chi connectivity index (χ4n) is 3.88. The number of hydrogen-bond donors (Lipinski definition) is 1. The topological polar surface area (TPSA) is 79.0 Å². The molecule has 7 nitrogen and oxygen atoms in total. The fraction of sp³-hybridized carbons (Fsp3) is 0.214. The SMILES string of the molecule is COc1ccc(NC(=S)N(CCc2cncn2Cc2ccc(C#N)cc2)Cc2ccc(C(F)(F)F)cc2)cn1. The molecule has 0 aliphatic carbocycles. The predicted octanol–water partition coefficient (Wildman–Crippen LogP) is 5.67. The van der Waals surface area contributed by atoms with Gasteiger partial charge in [0.05, 0.1) is 42.5 Å². The smallest absolute Gasteiger partial charge is 0.416 e. The highest BCUT2D eigenvalue weighted by Crippen LogP contribution is 2.29. The molecular formula is C28H25F3N6OS. The molecule has 39 heavy (non-hydrogen) atoms. The molecule has 1 N–H and O–H groups in total. The molecule has 4 rings (SSSR count). The van der Waals surface area contributed by atoms with E-state index in [9.17, 15) is 13.2 Å². The number of pyridine rings is 1. The second-order valence-electron chi connectivity index (χ2n) is 8.71. The van der Waals surface area contributed by atoms with E-state index in [2.05, 4.69) is 21.4 Å². The van der Waals surface area contributed by atoms with Crippen LogP contribution >= 0.6 is 12.2 Å². The molecule has 0 atom stereocenters. The number of nitrogens with zero attached hydrogens (tertiary/aromatic N) is 5. The Labute approximate surface area is 229 Å². The zero-order chi connectivity index (χ0) is 27.8. The molecule has 0 spiro atoms. The van der Waals surface area contributed by atoms with Gasteiger partial charge in [0.1, 0.15) is 0 Å². The van der Waals surface area contributed by atoms with Crippen LogP contribution in [0.25, 0.3) is 0 Å². The summed E-state index contributed by atoms with van der Waals surface area (Å²) in [6, 6.07) is 18.0. The number of anilines is 1. The van der Waals surface area contributed by atoms with Gasteiger partial charge >= 0.3 is 6.18 Å². The van der Waals surface area contributed by atoms with Crippen molar-refractivity contribution >= 4 is 23.0 Å². The lowest BCUT2D eigenvalue weighted by atomic mass is 10.1. The van der Waals surface area contributed by atoms with Crippen LogP contribution in [-0.2, 0) is 25.7 Å². The summed E-state index contributed by atoms with van der Waals surface area (Å²) in [7, 11) is 1.53. The molecule has 0 bridgehead atoms. The molecule has 0 saturated heterocycles. The number of methoxy groups -OCH3 is 1. The minimum atomic E-state index is -4.40. The molecule has 11 heteroatoms. The van der Waals surface area contributed by atoms with Crippen LogP contribution in [0.3, 0.4) is 0 Å². The van der Waals surface area contributed by atoms with Crippen molar-refractivity contribution in [3.8, 4) is 11.9 Å². The average Bonchev–Trinajstić information content (AvgIpc) is 3.38. The average molecular weight is 551 g/mol. The lowest BCUT2D eigenvalue weighted by Gasteiger charge is -2.26. The molecule has 2 aromatic heterocycles. The maximum atomic E-state index is 13.0. The van der Waals surface area contributed by atoms with Gasteiger partial charge in [0.2, 0.25) is 5.88 Å². The van der Waals surface area contributed by atoms with Gasteiger partial charge in [-0.2, -0.15) is 18.4 Å². The minimum absolute atomic E-state index is 0.303. The third kappa shape index (κ3) is 7.55. The largest absolute Gasteiger partial charge is 0.481 e. The summed E-state index contributed by atoms with van der Waals surface area (Å²) in [6.07, 6.45) is 1.30. The van der Waals surface area contributed by atoms with E-state index in [0.717, 1.165) is 23.4 Å². The van der Waals surface area contributed by atoms with Crippen LogP contribution in [0.1, 0.15) is 27.9 Å². The van der Waals surface area contributed by atoms with E-state index >= 15 is 0 Å². The number of benzene rings is 2. The molecule has 0 amide bonds. The van der Waals surface area contributed by atoms with Crippen molar-refractivity contribution in [3.05, 3.63) is 107 Å². The first-order valence-corrected chi connectivity index (χ1v) is 12.4. The lowest BCUT2D eigenvalue weighted by molar-refractivity contribution is -0.137. The Morgan fingerprint density at radius 1 is 1.05 bits per heavy atom. The van der Waals surface area contributed by atoms with Crippen molar-refractivity contribution in [3.63, 3.8) is 0 Å². The Hall–Kier alpha value is -4.43. The molecule has 2 heterocycles. The first-order chi connectivity index (χ1) is 18.7. The highest BCUT2D eigenvalue weighted by Gasteiger charge is 2.30. The number of alkyl halides is 3. The van der Waals surface area contributed by atoms with Crippen LogP contribution in [0.2, 0.25) is 0 Å². The second kappa shape index (κ2) is 12.4. The van der Waals surface area contributed by atoms with Gasteiger partial charge in [0.25, 0.3) is 0 Å². The number of halogens is 3. The van der Waals surface area contributed by atoms with E-state index < -0.39 is 11.7 Å². The number of thiocarbonyl (C=S) groups is 1. The number of hydrogen-bond acceptors (Lipinski definition) is 5. The van der Waals surface area contributed by atoms with E-state index in [1.807, 2.05) is 21.6 Å². The Balaban J connectivity index is 1.49. The van der Waals surface area contributed by atoms with Crippen LogP contribution in [0.15, 0.2) is 79.4 Å². The quantitative estimate of drug-likeness (QED) is 0.269. The predicted molar refractivity (Wildman–Crippen MR) is 145 cm³/mol. The maximum Gasteiger partial charge on any atom is 0.416 e. The number of imidazole rings is 1. The Morgan fingerprint density at radius 3 is 2.38 bits per heavy atom. The normalized spacial score (nSPS) is 11.1. The minimum Gasteiger partial charge on any atom is -0.481 e. The monoisotopic (exact) mass is 550 g/mol. The molecule has 0 unspecified atom stereocenters. The summed E-state index contributed by atoms with van der Waals surface area (Å²) in [6.45, 7) is 1.37. The van der Waals surface area contributed by atoms with E-state index in [1.54, 1.807) is 43.0 Å². The van der Waals surface area contributed by atoms with Crippen molar-refractivity contribution in [2.75, 3.05) is 19.0 Å². The molecule has 4 aromatic rings. The van der Waals surface area contributed by atoms with E-state index in [1.165, 1.54) is 19.2 Å². The van der Waals surface area contributed by atoms with E-state index in [4.69, 9.17) is 22.2 Å². The van der Waals surface area contributed by atoms with Gasteiger partial charge < -0.3 is 19.5 Å². The molecular weight excluding hydrogens is 525 g/mol. The molecule has 0 fully saturated rings. The van der Waals surface area contributed by atoms with Gasteiger partial charge in [-0.3, -0.25) is 0 Å². The first-order valence-electron chi connectivity index (χ1n) is 12.0. The molecule has 0 radical (unpaired) electrons. The number of rotatable bonds is 9. The van der Waals surface area contributed by atoms with Crippen molar-refractivity contribution in [2.45, 2.75) is 25.7 Å². The van der Waals surface area contributed by atoms with E-state index in [0.29, 0.717) is 53.9 Å².